The fourth-order valence-electron chi connectivity index (χ4n) is 3.94. The average Bonchev–Trinajstić information content (AvgIpc) is 2.76. The second kappa shape index (κ2) is 8.28. The molecule has 3 aromatic rings. The Hall–Kier alpha value is -3.11. The average molecular weight is 372 g/mol. The van der Waals surface area contributed by atoms with E-state index >= 15 is 0 Å². The summed E-state index contributed by atoms with van der Waals surface area (Å²) < 4.78 is 0. The summed E-state index contributed by atoms with van der Waals surface area (Å²) in [6, 6.07) is 28.8. The van der Waals surface area contributed by atoms with Crippen molar-refractivity contribution in [3.8, 4) is 0 Å². The van der Waals surface area contributed by atoms with Gasteiger partial charge in [-0.05, 0) is 35.4 Å². The fraction of sp³-hybridized carbons (Fsp3) is 0.208. The van der Waals surface area contributed by atoms with Crippen molar-refractivity contribution in [2.75, 3.05) is 31.1 Å². The van der Waals surface area contributed by atoms with E-state index in [2.05, 4.69) is 70.5 Å². The molecule has 28 heavy (non-hydrogen) atoms. The van der Waals surface area contributed by atoms with Crippen LogP contribution in [0.3, 0.4) is 0 Å². The molecule has 1 fully saturated rings. The molecule has 4 rings (SSSR count). The molecule has 4 nitrogen and oxygen atoms in total. The lowest BCUT2D eigenvalue weighted by Crippen LogP contribution is -2.48. The molecular formula is C24H24N2O2. The van der Waals surface area contributed by atoms with E-state index < -0.39 is 5.97 Å². The first-order valence-electron chi connectivity index (χ1n) is 9.64. The number of aromatic carboxylic acids is 1. The van der Waals surface area contributed by atoms with Crippen molar-refractivity contribution in [2.24, 2.45) is 0 Å². The van der Waals surface area contributed by atoms with Gasteiger partial charge in [-0.2, -0.15) is 0 Å². The Balaban J connectivity index is 1.51. The molecule has 0 spiro atoms. The first-order chi connectivity index (χ1) is 13.7. The third-order valence-corrected chi connectivity index (χ3v) is 5.39. The van der Waals surface area contributed by atoms with E-state index in [1.54, 1.807) is 12.1 Å². The Labute approximate surface area is 165 Å². The molecule has 1 heterocycles. The van der Waals surface area contributed by atoms with E-state index in [9.17, 15) is 4.79 Å². The lowest BCUT2D eigenvalue weighted by atomic mass is 9.96. The van der Waals surface area contributed by atoms with E-state index in [1.165, 1.54) is 11.1 Å². The zero-order valence-electron chi connectivity index (χ0n) is 15.7. The Morgan fingerprint density at radius 1 is 0.714 bits per heavy atom. The second-order valence-corrected chi connectivity index (χ2v) is 7.10. The maximum absolute atomic E-state index is 11.1. The molecule has 0 aromatic heterocycles. The van der Waals surface area contributed by atoms with Crippen LogP contribution in [0, 0.1) is 0 Å². The molecule has 0 bridgehead atoms. The lowest BCUT2D eigenvalue weighted by Gasteiger charge is -2.40. The van der Waals surface area contributed by atoms with Gasteiger partial charge in [0.05, 0.1) is 11.6 Å². The van der Waals surface area contributed by atoms with E-state index in [0.29, 0.717) is 5.56 Å². The maximum Gasteiger partial charge on any atom is 0.335 e. The molecule has 0 atom stereocenters. The highest BCUT2D eigenvalue weighted by Gasteiger charge is 2.26. The van der Waals surface area contributed by atoms with Gasteiger partial charge in [-0.3, -0.25) is 4.90 Å². The molecule has 1 aliphatic rings. The van der Waals surface area contributed by atoms with Crippen molar-refractivity contribution in [1.29, 1.82) is 0 Å². The molecule has 4 heteroatoms. The number of carboxylic acids is 1. The van der Waals surface area contributed by atoms with Crippen LogP contribution < -0.4 is 4.90 Å². The number of anilines is 1. The van der Waals surface area contributed by atoms with Crippen LogP contribution in [0.15, 0.2) is 84.9 Å². The zero-order valence-corrected chi connectivity index (χ0v) is 15.7. The molecular weight excluding hydrogens is 348 g/mol. The van der Waals surface area contributed by atoms with Crippen LogP contribution in [0.1, 0.15) is 27.5 Å². The minimum atomic E-state index is -0.884. The third kappa shape index (κ3) is 3.92. The molecule has 0 aliphatic carbocycles. The van der Waals surface area contributed by atoms with Gasteiger partial charge in [0.15, 0.2) is 0 Å². The Morgan fingerprint density at radius 2 is 1.21 bits per heavy atom. The smallest absolute Gasteiger partial charge is 0.335 e. The van der Waals surface area contributed by atoms with Gasteiger partial charge in [0.25, 0.3) is 0 Å². The fourth-order valence-corrected chi connectivity index (χ4v) is 3.94. The number of carbonyl (C=O) groups is 1. The first kappa shape index (κ1) is 18.3. The number of benzene rings is 3. The number of hydrogen-bond donors (Lipinski definition) is 1. The summed E-state index contributed by atoms with van der Waals surface area (Å²) in [4.78, 5) is 15.9. The molecule has 1 saturated heterocycles. The van der Waals surface area contributed by atoms with Gasteiger partial charge >= 0.3 is 5.97 Å². The zero-order chi connectivity index (χ0) is 19.3. The van der Waals surface area contributed by atoms with E-state index in [4.69, 9.17) is 5.11 Å². The second-order valence-electron chi connectivity index (χ2n) is 7.10. The monoisotopic (exact) mass is 372 g/mol. The van der Waals surface area contributed by atoms with Crippen molar-refractivity contribution < 1.29 is 9.90 Å². The largest absolute Gasteiger partial charge is 0.478 e. The highest BCUT2D eigenvalue weighted by Crippen LogP contribution is 2.30. The summed E-state index contributed by atoms with van der Waals surface area (Å²) in [5.41, 5.74) is 4.04. The Morgan fingerprint density at radius 3 is 1.68 bits per heavy atom. The maximum atomic E-state index is 11.1. The van der Waals surface area contributed by atoms with Gasteiger partial charge in [0.1, 0.15) is 0 Å². The predicted molar refractivity (Wildman–Crippen MR) is 112 cm³/mol. The highest BCUT2D eigenvalue weighted by atomic mass is 16.4. The predicted octanol–water partition coefficient (Wildman–Crippen LogP) is 4.30. The lowest BCUT2D eigenvalue weighted by molar-refractivity contribution is 0.0697. The summed E-state index contributed by atoms with van der Waals surface area (Å²) in [6.07, 6.45) is 0. The molecule has 0 saturated carbocycles. The van der Waals surface area contributed by atoms with Crippen LogP contribution >= 0.6 is 0 Å². The van der Waals surface area contributed by atoms with Crippen LogP contribution in [0.2, 0.25) is 0 Å². The summed E-state index contributed by atoms with van der Waals surface area (Å²) >= 11 is 0. The first-order valence-corrected chi connectivity index (χ1v) is 9.64. The summed E-state index contributed by atoms with van der Waals surface area (Å²) in [7, 11) is 0. The van der Waals surface area contributed by atoms with Crippen LogP contribution in [-0.4, -0.2) is 42.2 Å². The van der Waals surface area contributed by atoms with Crippen molar-refractivity contribution in [2.45, 2.75) is 6.04 Å². The van der Waals surface area contributed by atoms with Gasteiger partial charge in [-0.15, -0.1) is 0 Å². The Kier molecular flexibility index (Phi) is 5.40. The topological polar surface area (TPSA) is 43.8 Å². The van der Waals surface area contributed by atoms with Crippen LogP contribution in [0.4, 0.5) is 5.69 Å². The quantitative estimate of drug-likeness (QED) is 0.725. The summed E-state index contributed by atoms with van der Waals surface area (Å²) in [6.45, 7) is 3.75. The molecule has 3 aromatic carbocycles. The van der Waals surface area contributed by atoms with Gasteiger partial charge in [-0.25, -0.2) is 4.79 Å². The van der Waals surface area contributed by atoms with Crippen molar-refractivity contribution in [3.05, 3.63) is 102 Å². The van der Waals surface area contributed by atoms with Crippen molar-refractivity contribution in [1.82, 2.24) is 4.90 Å². The minimum Gasteiger partial charge on any atom is -0.478 e. The van der Waals surface area contributed by atoms with Crippen molar-refractivity contribution >= 4 is 11.7 Å². The van der Waals surface area contributed by atoms with E-state index in [1.807, 2.05) is 12.1 Å². The van der Waals surface area contributed by atoms with Crippen LogP contribution in [0.25, 0.3) is 0 Å². The van der Waals surface area contributed by atoms with Crippen molar-refractivity contribution in [3.63, 3.8) is 0 Å². The van der Waals surface area contributed by atoms with Gasteiger partial charge in [0, 0.05) is 31.9 Å². The number of nitrogens with zero attached hydrogens (tertiary/aromatic N) is 2. The van der Waals surface area contributed by atoms with E-state index in [-0.39, 0.29) is 6.04 Å². The summed E-state index contributed by atoms with van der Waals surface area (Å²) in [5.74, 6) is -0.884. The molecule has 1 aliphatic heterocycles. The SMILES string of the molecule is O=C(O)c1ccc(N2CCN(C(c3ccccc3)c3ccccc3)CC2)cc1. The third-order valence-electron chi connectivity index (χ3n) is 5.39. The highest BCUT2D eigenvalue weighted by molar-refractivity contribution is 5.88. The molecule has 0 unspecified atom stereocenters. The standard InChI is InChI=1S/C24H24N2O2/c27-24(28)21-11-13-22(14-12-21)25-15-17-26(18-16-25)23(19-7-3-1-4-8-19)20-9-5-2-6-10-20/h1-14,23H,15-18H2,(H,27,28). The van der Waals surface area contributed by atoms with Gasteiger partial charge < -0.3 is 10.0 Å². The van der Waals surface area contributed by atoms with E-state index in [0.717, 1.165) is 31.9 Å². The number of rotatable bonds is 5. The Bertz CT molecular complexity index is 863. The minimum absolute atomic E-state index is 0.249. The molecule has 0 radical (unpaired) electrons. The number of carboxylic acid groups (broad SMARTS) is 1. The summed E-state index contributed by atoms with van der Waals surface area (Å²) in [5, 5.41) is 9.08. The number of piperazine rings is 1. The number of hydrogen-bond acceptors (Lipinski definition) is 3. The van der Waals surface area contributed by atoms with Gasteiger partial charge in [-0.1, -0.05) is 60.7 Å². The molecule has 142 valence electrons. The molecule has 1 N–H and O–H groups in total. The van der Waals surface area contributed by atoms with Crippen LogP contribution in [-0.2, 0) is 0 Å². The van der Waals surface area contributed by atoms with Gasteiger partial charge in [0.2, 0.25) is 0 Å². The normalized spacial score (nSPS) is 15.0. The van der Waals surface area contributed by atoms with Crippen LogP contribution in [0.5, 0.6) is 0 Å². The molecule has 0 amide bonds.